The van der Waals surface area contributed by atoms with Crippen molar-refractivity contribution in [3.05, 3.63) is 133 Å². The van der Waals surface area contributed by atoms with Gasteiger partial charge in [-0.2, -0.15) is 0 Å². The first-order chi connectivity index (χ1) is 20.8. The molecular weight excluding hydrogens is 532 g/mol. The SMILES string of the molecule is c1ccc(-c2nc(-c3cccc4oc5cc(-c6ccc7ccccc7c6)ccc5c34)nc3c2sc2ccccc23)cc1. The Morgan fingerprint density at radius 2 is 1.31 bits per heavy atom. The van der Waals surface area contributed by atoms with E-state index >= 15 is 0 Å². The monoisotopic (exact) mass is 554 g/mol. The van der Waals surface area contributed by atoms with Gasteiger partial charge < -0.3 is 4.42 Å². The fourth-order valence-corrected chi connectivity index (χ4v) is 7.22. The van der Waals surface area contributed by atoms with Crippen molar-refractivity contribution >= 4 is 64.4 Å². The quantitative estimate of drug-likeness (QED) is 0.218. The van der Waals surface area contributed by atoms with Crippen LogP contribution in [-0.4, -0.2) is 9.97 Å². The van der Waals surface area contributed by atoms with Crippen LogP contribution in [0.1, 0.15) is 0 Å². The minimum Gasteiger partial charge on any atom is -0.456 e. The molecule has 0 radical (unpaired) electrons. The normalized spacial score (nSPS) is 11.8. The number of benzene rings is 6. The maximum Gasteiger partial charge on any atom is 0.161 e. The third kappa shape index (κ3) is 3.59. The molecule has 9 aromatic rings. The molecule has 9 rings (SSSR count). The lowest BCUT2D eigenvalue weighted by Gasteiger charge is -2.08. The van der Waals surface area contributed by atoms with Crippen LogP contribution in [0.3, 0.4) is 0 Å². The maximum absolute atomic E-state index is 6.47. The number of nitrogens with zero attached hydrogens (tertiary/aromatic N) is 2. The van der Waals surface area contributed by atoms with Gasteiger partial charge in [0, 0.05) is 32.0 Å². The van der Waals surface area contributed by atoms with Gasteiger partial charge in [-0.05, 0) is 52.2 Å². The number of hydrogen-bond donors (Lipinski definition) is 0. The van der Waals surface area contributed by atoms with Gasteiger partial charge in [0.1, 0.15) is 11.2 Å². The molecule has 3 aromatic heterocycles. The highest BCUT2D eigenvalue weighted by Gasteiger charge is 2.20. The zero-order chi connectivity index (χ0) is 27.6. The van der Waals surface area contributed by atoms with Gasteiger partial charge in [0.2, 0.25) is 0 Å². The van der Waals surface area contributed by atoms with Crippen LogP contribution in [0.2, 0.25) is 0 Å². The Bertz CT molecular complexity index is 2470. The van der Waals surface area contributed by atoms with Gasteiger partial charge >= 0.3 is 0 Å². The van der Waals surface area contributed by atoms with E-state index in [2.05, 4.69) is 115 Å². The van der Waals surface area contributed by atoms with Crippen molar-refractivity contribution in [1.29, 1.82) is 0 Å². The van der Waals surface area contributed by atoms with Crippen molar-refractivity contribution in [3.63, 3.8) is 0 Å². The zero-order valence-electron chi connectivity index (χ0n) is 22.4. The number of furan rings is 1. The lowest BCUT2D eigenvalue weighted by Crippen LogP contribution is -1.94. The van der Waals surface area contributed by atoms with Crippen LogP contribution >= 0.6 is 11.3 Å². The first-order valence-electron chi connectivity index (χ1n) is 14.0. The molecule has 0 amide bonds. The molecule has 0 atom stereocenters. The third-order valence-corrected chi connectivity index (χ3v) is 9.25. The number of hydrogen-bond acceptors (Lipinski definition) is 4. The number of thiophene rings is 1. The molecule has 196 valence electrons. The maximum atomic E-state index is 6.47. The Morgan fingerprint density at radius 3 is 2.24 bits per heavy atom. The highest BCUT2D eigenvalue weighted by molar-refractivity contribution is 7.26. The van der Waals surface area contributed by atoms with E-state index in [1.165, 1.54) is 21.0 Å². The highest BCUT2D eigenvalue weighted by atomic mass is 32.1. The van der Waals surface area contributed by atoms with Crippen molar-refractivity contribution in [1.82, 2.24) is 9.97 Å². The molecular formula is C38H22N2OS. The molecule has 0 bridgehead atoms. The van der Waals surface area contributed by atoms with Crippen LogP contribution in [0.5, 0.6) is 0 Å². The Labute approximate surface area is 245 Å². The van der Waals surface area contributed by atoms with Crippen molar-refractivity contribution in [2.45, 2.75) is 0 Å². The molecule has 0 fully saturated rings. The smallest absolute Gasteiger partial charge is 0.161 e. The van der Waals surface area contributed by atoms with E-state index in [1.807, 2.05) is 18.2 Å². The Hall–Kier alpha value is -5.32. The second-order valence-corrected chi connectivity index (χ2v) is 11.6. The fraction of sp³-hybridized carbons (Fsp3) is 0. The van der Waals surface area contributed by atoms with Crippen LogP contribution in [0.25, 0.3) is 86.8 Å². The van der Waals surface area contributed by atoms with Gasteiger partial charge in [0.25, 0.3) is 0 Å². The summed E-state index contributed by atoms with van der Waals surface area (Å²) in [6, 6.07) is 46.6. The van der Waals surface area contributed by atoms with Crippen LogP contribution < -0.4 is 0 Å². The van der Waals surface area contributed by atoms with Gasteiger partial charge in [0.15, 0.2) is 5.82 Å². The minimum atomic E-state index is 0.705. The molecule has 3 nitrogen and oxygen atoms in total. The number of fused-ring (bicyclic) bond motifs is 7. The standard InChI is InChI=1S/C38H22N2OS/c1-2-10-24(11-3-1)35-37-36(29-13-6-7-16-33(29)42-37)40-38(39-35)30-14-8-15-31-34(30)28-20-19-27(22-32(28)41-31)26-18-17-23-9-4-5-12-25(23)21-26/h1-22H. The predicted molar refractivity (Wildman–Crippen MR) is 176 cm³/mol. The second kappa shape index (κ2) is 9.10. The van der Waals surface area contributed by atoms with Gasteiger partial charge in [-0.15, -0.1) is 11.3 Å². The summed E-state index contributed by atoms with van der Waals surface area (Å²) >= 11 is 1.75. The molecule has 42 heavy (non-hydrogen) atoms. The minimum absolute atomic E-state index is 0.705. The van der Waals surface area contributed by atoms with Crippen molar-refractivity contribution in [2.75, 3.05) is 0 Å². The van der Waals surface area contributed by atoms with Crippen molar-refractivity contribution < 1.29 is 4.42 Å². The van der Waals surface area contributed by atoms with E-state index in [0.717, 1.165) is 59.9 Å². The molecule has 0 unspecified atom stereocenters. The van der Waals surface area contributed by atoms with E-state index in [1.54, 1.807) is 11.3 Å². The molecule has 0 saturated carbocycles. The summed E-state index contributed by atoms with van der Waals surface area (Å²) in [5, 5.41) is 5.72. The highest BCUT2D eigenvalue weighted by Crippen LogP contribution is 2.42. The summed E-state index contributed by atoms with van der Waals surface area (Å²) in [5.74, 6) is 0.705. The van der Waals surface area contributed by atoms with E-state index < -0.39 is 0 Å². The van der Waals surface area contributed by atoms with Crippen molar-refractivity contribution in [3.8, 4) is 33.8 Å². The van der Waals surface area contributed by atoms with E-state index in [-0.39, 0.29) is 0 Å². The van der Waals surface area contributed by atoms with Crippen molar-refractivity contribution in [2.24, 2.45) is 0 Å². The van der Waals surface area contributed by atoms with E-state index in [0.29, 0.717) is 5.82 Å². The molecule has 4 heteroatoms. The molecule has 0 aliphatic rings. The Morgan fingerprint density at radius 1 is 0.524 bits per heavy atom. The Kier molecular flexibility index (Phi) is 5.07. The van der Waals surface area contributed by atoms with Crippen LogP contribution in [-0.2, 0) is 0 Å². The summed E-state index contributed by atoms with van der Waals surface area (Å²) in [6.07, 6.45) is 0. The average molecular weight is 555 g/mol. The summed E-state index contributed by atoms with van der Waals surface area (Å²) in [7, 11) is 0. The largest absolute Gasteiger partial charge is 0.456 e. The molecule has 3 heterocycles. The van der Waals surface area contributed by atoms with Gasteiger partial charge in [-0.1, -0.05) is 103 Å². The lowest BCUT2D eigenvalue weighted by molar-refractivity contribution is 0.669. The first-order valence-corrected chi connectivity index (χ1v) is 14.8. The summed E-state index contributed by atoms with van der Waals surface area (Å²) in [5.41, 5.74) is 7.99. The number of aromatic nitrogens is 2. The molecule has 6 aromatic carbocycles. The van der Waals surface area contributed by atoms with E-state index in [4.69, 9.17) is 14.4 Å². The van der Waals surface area contributed by atoms with Crippen LogP contribution in [0.4, 0.5) is 0 Å². The van der Waals surface area contributed by atoms with Gasteiger partial charge in [-0.3, -0.25) is 0 Å². The summed E-state index contributed by atoms with van der Waals surface area (Å²) in [4.78, 5) is 10.4. The zero-order valence-corrected chi connectivity index (χ0v) is 23.2. The molecule has 0 N–H and O–H groups in total. The molecule has 0 aliphatic heterocycles. The topological polar surface area (TPSA) is 38.9 Å². The third-order valence-electron chi connectivity index (χ3n) is 8.09. The predicted octanol–water partition coefficient (Wildman–Crippen LogP) is 10.9. The van der Waals surface area contributed by atoms with Crippen LogP contribution in [0.15, 0.2) is 138 Å². The second-order valence-electron chi connectivity index (χ2n) is 10.6. The Balaban J connectivity index is 1.27. The first kappa shape index (κ1) is 23.4. The fourth-order valence-electron chi connectivity index (χ4n) is 6.06. The lowest BCUT2D eigenvalue weighted by atomic mass is 9.99. The number of rotatable bonds is 3. The molecule has 0 spiro atoms. The van der Waals surface area contributed by atoms with Gasteiger partial charge in [-0.25, -0.2) is 9.97 Å². The van der Waals surface area contributed by atoms with Crippen LogP contribution in [0, 0.1) is 0 Å². The van der Waals surface area contributed by atoms with Gasteiger partial charge in [0.05, 0.1) is 15.9 Å². The molecule has 0 saturated heterocycles. The average Bonchev–Trinajstić information content (AvgIpc) is 3.62. The summed E-state index contributed by atoms with van der Waals surface area (Å²) in [6.45, 7) is 0. The summed E-state index contributed by atoms with van der Waals surface area (Å²) < 4.78 is 8.79. The molecule has 0 aliphatic carbocycles. The van der Waals surface area contributed by atoms with E-state index in [9.17, 15) is 0 Å².